The van der Waals surface area contributed by atoms with Gasteiger partial charge in [0.15, 0.2) is 0 Å². The lowest BCUT2D eigenvalue weighted by Crippen LogP contribution is -2.45. The summed E-state index contributed by atoms with van der Waals surface area (Å²) in [5.41, 5.74) is 1.52. The van der Waals surface area contributed by atoms with Gasteiger partial charge in [-0.3, -0.25) is 0 Å². The van der Waals surface area contributed by atoms with E-state index in [1.54, 1.807) is 24.3 Å². The maximum atomic E-state index is 13.3. The zero-order valence-electron chi connectivity index (χ0n) is 17.1. The van der Waals surface area contributed by atoms with Crippen molar-refractivity contribution in [1.82, 2.24) is 9.80 Å². The van der Waals surface area contributed by atoms with Gasteiger partial charge in [-0.1, -0.05) is 24.3 Å². The van der Waals surface area contributed by atoms with E-state index in [-0.39, 0.29) is 18.2 Å². The van der Waals surface area contributed by atoms with E-state index in [9.17, 15) is 13.9 Å². The predicted molar refractivity (Wildman–Crippen MR) is 110 cm³/mol. The molecule has 29 heavy (non-hydrogen) atoms. The molecule has 0 bridgehead atoms. The number of hydrogen-bond donors (Lipinski definition) is 1. The Morgan fingerprint density at radius 3 is 1.97 bits per heavy atom. The SMILES string of the molecule is CN1CCC(N(C)C[C@H](O)COC(c2ccc(F)cc2)c2ccc(F)cc2)CC1. The largest absolute Gasteiger partial charge is 0.389 e. The minimum Gasteiger partial charge on any atom is -0.389 e. The van der Waals surface area contributed by atoms with E-state index >= 15 is 0 Å². The first-order valence-corrected chi connectivity index (χ1v) is 10.1. The lowest BCUT2D eigenvalue weighted by molar-refractivity contribution is -0.0135. The van der Waals surface area contributed by atoms with Gasteiger partial charge in [-0.2, -0.15) is 0 Å². The van der Waals surface area contributed by atoms with Crippen molar-refractivity contribution in [3.05, 3.63) is 71.3 Å². The first kappa shape index (κ1) is 21.8. The molecule has 0 amide bonds. The summed E-state index contributed by atoms with van der Waals surface area (Å²) in [6.07, 6.45) is 1.03. The van der Waals surface area contributed by atoms with Gasteiger partial charge in [0.05, 0.1) is 12.7 Å². The van der Waals surface area contributed by atoms with Crippen molar-refractivity contribution in [2.24, 2.45) is 0 Å². The summed E-state index contributed by atoms with van der Waals surface area (Å²) >= 11 is 0. The second-order valence-corrected chi connectivity index (χ2v) is 7.94. The molecule has 1 aliphatic rings. The summed E-state index contributed by atoms with van der Waals surface area (Å²) in [6.45, 7) is 2.79. The average molecular weight is 405 g/mol. The predicted octanol–water partition coefficient (Wildman–Crippen LogP) is 3.46. The van der Waals surface area contributed by atoms with Crippen molar-refractivity contribution in [3.63, 3.8) is 0 Å². The van der Waals surface area contributed by atoms with Crippen LogP contribution in [0.4, 0.5) is 8.78 Å². The maximum absolute atomic E-state index is 13.3. The molecule has 0 unspecified atom stereocenters. The van der Waals surface area contributed by atoms with Crippen molar-refractivity contribution >= 4 is 0 Å². The van der Waals surface area contributed by atoms with Gasteiger partial charge in [-0.05, 0) is 75.4 Å². The monoisotopic (exact) mass is 404 g/mol. The topological polar surface area (TPSA) is 35.9 Å². The number of likely N-dealkylation sites (tertiary alicyclic amines) is 1. The van der Waals surface area contributed by atoms with E-state index in [1.165, 1.54) is 24.3 Å². The fraction of sp³-hybridized carbons (Fsp3) is 0.478. The normalized spacial score (nSPS) is 17.2. The van der Waals surface area contributed by atoms with Gasteiger partial charge in [0.25, 0.3) is 0 Å². The van der Waals surface area contributed by atoms with Crippen LogP contribution in [0.15, 0.2) is 48.5 Å². The van der Waals surface area contributed by atoms with Crippen molar-refractivity contribution in [3.8, 4) is 0 Å². The highest BCUT2D eigenvalue weighted by atomic mass is 19.1. The second kappa shape index (κ2) is 10.3. The van der Waals surface area contributed by atoms with Crippen LogP contribution in [-0.4, -0.2) is 67.4 Å². The Labute approximate surface area is 171 Å². The van der Waals surface area contributed by atoms with Crippen LogP contribution in [0.3, 0.4) is 0 Å². The molecule has 3 rings (SSSR count). The van der Waals surface area contributed by atoms with Crippen molar-refractivity contribution in [1.29, 1.82) is 0 Å². The van der Waals surface area contributed by atoms with E-state index < -0.39 is 12.2 Å². The van der Waals surface area contributed by atoms with E-state index in [1.807, 2.05) is 7.05 Å². The molecule has 6 heteroatoms. The second-order valence-electron chi connectivity index (χ2n) is 7.94. The number of ether oxygens (including phenoxy) is 1. The third-order valence-electron chi connectivity index (χ3n) is 5.61. The minimum absolute atomic E-state index is 0.135. The summed E-state index contributed by atoms with van der Waals surface area (Å²) in [4.78, 5) is 4.52. The van der Waals surface area contributed by atoms with Gasteiger partial charge in [-0.25, -0.2) is 8.78 Å². The molecular formula is C23H30F2N2O2. The molecule has 0 spiro atoms. The summed E-state index contributed by atoms with van der Waals surface area (Å²) in [7, 11) is 4.17. The Balaban J connectivity index is 1.61. The number of aliphatic hydroxyl groups is 1. The van der Waals surface area contributed by atoms with Crippen LogP contribution in [-0.2, 0) is 4.74 Å². The molecule has 0 saturated carbocycles. The molecule has 1 heterocycles. The van der Waals surface area contributed by atoms with E-state index in [4.69, 9.17) is 4.74 Å². The first-order chi connectivity index (χ1) is 13.9. The number of benzene rings is 2. The Morgan fingerprint density at radius 2 is 1.48 bits per heavy atom. The standard InChI is InChI=1S/C23H30F2N2O2/c1-26-13-11-21(12-14-26)27(2)15-22(28)16-29-23(17-3-7-19(24)8-4-17)18-5-9-20(25)10-6-18/h3-10,21-23,28H,11-16H2,1-2H3/t22-/m0/s1. The molecule has 1 fully saturated rings. The number of piperidine rings is 1. The molecule has 1 saturated heterocycles. The van der Waals surface area contributed by atoms with E-state index in [2.05, 4.69) is 16.8 Å². The molecule has 1 N–H and O–H groups in total. The van der Waals surface area contributed by atoms with Crippen molar-refractivity contribution in [2.45, 2.75) is 31.1 Å². The lowest BCUT2D eigenvalue weighted by atomic mass is 10.0. The Hall–Kier alpha value is -1.86. The van der Waals surface area contributed by atoms with Crippen LogP contribution in [0.25, 0.3) is 0 Å². The highest BCUT2D eigenvalue weighted by Crippen LogP contribution is 2.27. The van der Waals surface area contributed by atoms with E-state index in [0.717, 1.165) is 37.1 Å². The Kier molecular flexibility index (Phi) is 7.72. The average Bonchev–Trinajstić information content (AvgIpc) is 2.71. The fourth-order valence-electron chi connectivity index (χ4n) is 3.84. The molecule has 1 aliphatic heterocycles. The smallest absolute Gasteiger partial charge is 0.123 e. The van der Waals surface area contributed by atoms with Crippen molar-refractivity contribution < 1.29 is 18.6 Å². The molecule has 0 radical (unpaired) electrons. The summed E-state index contributed by atoms with van der Waals surface area (Å²) in [5.74, 6) is -0.655. The van der Waals surface area contributed by atoms with Crippen LogP contribution < -0.4 is 0 Å². The highest BCUT2D eigenvalue weighted by molar-refractivity contribution is 5.30. The highest BCUT2D eigenvalue weighted by Gasteiger charge is 2.23. The zero-order chi connectivity index (χ0) is 20.8. The molecule has 2 aromatic carbocycles. The van der Waals surface area contributed by atoms with Crippen LogP contribution in [0, 0.1) is 11.6 Å². The summed E-state index contributed by atoms with van der Waals surface area (Å²) in [6, 6.07) is 12.6. The molecule has 4 nitrogen and oxygen atoms in total. The number of hydrogen-bond acceptors (Lipinski definition) is 4. The summed E-state index contributed by atoms with van der Waals surface area (Å²) < 4.78 is 32.7. The quantitative estimate of drug-likeness (QED) is 0.731. The molecule has 1 atom stereocenters. The third kappa shape index (κ3) is 6.31. The Bertz CT molecular complexity index is 701. The fourth-order valence-corrected chi connectivity index (χ4v) is 3.84. The molecule has 158 valence electrons. The van der Waals surface area contributed by atoms with Crippen molar-refractivity contribution in [2.75, 3.05) is 40.3 Å². The number of likely N-dealkylation sites (N-methyl/N-ethyl adjacent to an activating group) is 1. The number of aliphatic hydroxyl groups excluding tert-OH is 1. The van der Waals surface area contributed by atoms with Gasteiger partial charge in [0.2, 0.25) is 0 Å². The number of halogens is 2. The van der Waals surface area contributed by atoms with Gasteiger partial charge >= 0.3 is 0 Å². The van der Waals surface area contributed by atoms with Gasteiger partial charge in [0.1, 0.15) is 17.7 Å². The molecule has 0 aliphatic carbocycles. The van der Waals surface area contributed by atoms with Gasteiger partial charge in [-0.15, -0.1) is 0 Å². The Morgan fingerprint density at radius 1 is 1.00 bits per heavy atom. The van der Waals surface area contributed by atoms with Gasteiger partial charge < -0.3 is 19.6 Å². The maximum Gasteiger partial charge on any atom is 0.123 e. The van der Waals surface area contributed by atoms with Crippen LogP contribution in [0.2, 0.25) is 0 Å². The third-order valence-corrected chi connectivity index (χ3v) is 5.61. The number of nitrogens with zero attached hydrogens (tertiary/aromatic N) is 2. The van der Waals surface area contributed by atoms with Gasteiger partial charge in [0, 0.05) is 12.6 Å². The zero-order valence-corrected chi connectivity index (χ0v) is 17.1. The first-order valence-electron chi connectivity index (χ1n) is 10.1. The minimum atomic E-state index is -0.650. The van der Waals surface area contributed by atoms with Crippen LogP contribution >= 0.6 is 0 Å². The molecule has 2 aromatic rings. The van der Waals surface area contributed by atoms with E-state index in [0.29, 0.717) is 12.6 Å². The molecular weight excluding hydrogens is 374 g/mol. The molecule has 0 aromatic heterocycles. The van der Waals surface area contributed by atoms with Crippen LogP contribution in [0.5, 0.6) is 0 Å². The lowest BCUT2D eigenvalue weighted by Gasteiger charge is -2.36. The number of rotatable bonds is 8. The van der Waals surface area contributed by atoms with Crippen LogP contribution in [0.1, 0.15) is 30.1 Å². The summed E-state index contributed by atoms with van der Waals surface area (Å²) in [5, 5.41) is 10.5.